The van der Waals surface area contributed by atoms with E-state index in [9.17, 15) is 14.7 Å². The number of benzene rings is 2. The molecule has 0 saturated carbocycles. The van der Waals surface area contributed by atoms with Crippen molar-refractivity contribution in [3.8, 4) is 11.1 Å². The van der Waals surface area contributed by atoms with E-state index in [0.717, 1.165) is 22.3 Å². The quantitative estimate of drug-likeness (QED) is 0.358. The SMILES string of the molecule is C=CCOC(=O)CNCC(O)[C@@H](NC(=O)OCC1c2ccccc2-c2ccccc21)C(C)C. The molecule has 0 aliphatic heterocycles. The molecule has 1 aliphatic rings. The standard InChI is InChI=1S/C26H32N2O5/c1-4-13-32-24(30)15-27-14-23(29)25(17(2)3)28-26(31)33-16-22-20-11-7-5-9-18(20)19-10-6-8-12-21(19)22/h4-12,17,22-23,25,27,29H,1,13-16H2,2-3H3,(H,28,31)/t23?,25-/m0/s1. The normalized spacial score (nSPS) is 14.2. The number of amides is 1. The highest BCUT2D eigenvalue weighted by Crippen LogP contribution is 2.44. The van der Waals surface area contributed by atoms with Gasteiger partial charge in [-0.3, -0.25) is 4.79 Å². The number of carbonyl (C=O) groups is 2. The van der Waals surface area contributed by atoms with Gasteiger partial charge in [0.1, 0.15) is 13.2 Å². The van der Waals surface area contributed by atoms with Crippen molar-refractivity contribution in [2.45, 2.75) is 31.9 Å². The second kappa shape index (κ2) is 11.6. The Morgan fingerprint density at radius 1 is 1.06 bits per heavy atom. The number of nitrogens with one attached hydrogen (secondary N) is 2. The van der Waals surface area contributed by atoms with E-state index in [2.05, 4.69) is 41.5 Å². The lowest BCUT2D eigenvalue weighted by Crippen LogP contribution is -2.51. The van der Waals surface area contributed by atoms with Crippen molar-refractivity contribution in [2.24, 2.45) is 5.92 Å². The molecule has 1 unspecified atom stereocenters. The predicted molar refractivity (Wildman–Crippen MR) is 127 cm³/mol. The average molecular weight is 453 g/mol. The maximum atomic E-state index is 12.6. The van der Waals surface area contributed by atoms with E-state index >= 15 is 0 Å². The highest BCUT2D eigenvalue weighted by atomic mass is 16.5. The summed E-state index contributed by atoms with van der Waals surface area (Å²) in [6.07, 6.45) is -0.00229. The van der Waals surface area contributed by atoms with Gasteiger partial charge in [0.15, 0.2) is 0 Å². The zero-order chi connectivity index (χ0) is 23.8. The first-order chi connectivity index (χ1) is 15.9. The van der Waals surface area contributed by atoms with Gasteiger partial charge in [0.05, 0.1) is 18.7 Å². The molecule has 33 heavy (non-hydrogen) atoms. The zero-order valence-corrected chi connectivity index (χ0v) is 19.1. The largest absolute Gasteiger partial charge is 0.461 e. The molecule has 0 radical (unpaired) electrons. The molecule has 2 aromatic rings. The molecule has 0 spiro atoms. The minimum atomic E-state index is -0.905. The Labute approximate surface area is 194 Å². The van der Waals surface area contributed by atoms with Crippen molar-refractivity contribution in [1.82, 2.24) is 10.6 Å². The van der Waals surface area contributed by atoms with Gasteiger partial charge in [0, 0.05) is 12.5 Å². The third-order valence-corrected chi connectivity index (χ3v) is 5.75. The van der Waals surface area contributed by atoms with Crippen LogP contribution < -0.4 is 10.6 Å². The van der Waals surface area contributed by atoms with Crippen LogP contribution in [0, 0.1) is 5.92 Å². The molecule has 1 amide bonds. The molecular formula is C26H32N2O5. The van der Waals surface area contributed by atoms with Gasteiger partial charge in [-0.2, -0.15) is 0 Å². The predicted octanol–water partition coefficient (Wildman–Crippen LogP) is 3.23. The average Bonchev–Trinajstić information content (AvgIpc) is 3.13. The van der Waals surface area contributed by atoms with Crippen LogP contribution in [-0.4, -0.2) is 55.6 Å². The van der Waals surface area contributed by atoms with Crippen LogP contribution in [0.2, 0.25) is 0 Å². The lowest BCUT2D eigenvalue weighted by atomic mass is 9.98. The first-order valence-corrected chi connectivity index (χ1v) is 11.2. The number of aliphatic hydroxyl groups excluding tert-OH is 1. The van der Waals surface area contributed by atoms with Crippen LogP contribution >= 0.6 is 0 Å². The van der Waals surface area contributed by atoms with Crippen molar-refractivity contribution in [3.63, 3.8) is 0 Å². The maximum absolute atomic E-state index is 12.6. The minimum absolute atomic E-state index is 0.0335. The zero-order valence-electron chi connectivity index (χ0n) is 19.1. The molecule has 0 fully saturated rings. The van der Waals surface area contributed by atoms with E-state index in [-0.39, 0.29) is 38.1 Å². The fourth-order valence-corrected chi connectivity index (χ4v) is 4.14. The lowest BCUT2D eigenvalue weighted by Gasteiger charge is -2.27. The van der Waals surface area contributed by atoms with Crippen LogP contribution in [-0.2, 0) is 14.3 Å². The fraction of sp³-hybridized carbons (Fsp3) is 0.385. The first-order valence-electron chi connectivity index (χ1n) is 11.2. The van der Waals surface area contributed by atoms with Crippen LogP contribution in [0.3, 0.4) is 0 Å². The van der Waals surface area contributed by atoms with Gasteiger partial charge in [0.25, 0.3) is 0 Å². The summed E-state index contributed by atoms with van der Waals surface area (Å²) in [4.78, 5) is 24.1. The summed E-state index contributed by atoms with van der Waals surface area (Å²) in [6.45, 7) is 7.70. The number of alkyl carbamates (subject to hydrolysis) is 1. The van der Waals surface area contributed by atoms with Crippen LogP contribution in [0.1, 0.15) is 30.9 Å². The first kappa shape index (κ1) is 24.5. The molecule has 0 bridgehead atoms. The van der Waals surface area contributed by atoms with E-state index in [1.165, 1.54) is 6.08 Å². The number of hydrogen-bond donors (Lipinski definition) is 3. The van der Waals surface area contributed by atoms with Crippen molar-refractivity contribution in [1.29, 1.82) is 0 Å². The highest BCUT2D eigenvalue weighted by molar-refractivity contribution is 5.79. The van der Waals surface area contributed by atoms with Crippen LogP contribution in [0.25, 0.3) is 11.1 Å². The van der Waals surface area contributed by atoms with Gasteiger partial charge in [-0.05, 0) is 28.2 Å². The molecule has 0 heterocycles. The summed E-state index contributed by atoms with van der Waals surface area (Å²) in [5.74, 6) is -0.517. The van der Waals surface area contributed by atoms with E-state index in [4.69, 9.17) is 9.47 Å². The number of esters is 1. The molecule has 176 valence electrons. The summed E-state index contributed by atoms with van der Waals surface area (Å²) in [6, 6.07) is 15.7. The molecule has 3 N–H and O–H groups in total. The number of fused-ring (bicyclic) bond motifs is 3. The third-order valence-electron chi connectivity index (χ3n) is 5.75. The second-order valence-electron chi connectivity index (χ2n) is 8.41. The summed E-state index contributed by atoms with van der Waals surface area (Å²) >= 11 is 0. The van der Waals surface area contributed by atoms with Gasteiger partial charge in [-0.1, -0.05) is 75.0 Å². The van der Waals surface area contributed by atoms with E-state index < -0.39 is 24.2 Å². The summed E-state index contributed by atoms with van der Waals surface area (Å²) in [5.41, 5.74) is 4.60. The fourth-order valence-electron chi connectivity index (χ4n) is 4.14. The Bertz CT molecular complexity index is 929. The van der Waals surface area contributed by atoms with E-state index in [0.29, 0.717) is 0 Å². The minimum Gasteiger partial charge on any atom is -0.461 e. The molecule has 1 aliphatic carbocycles. The highest BCUT2D eigenvalue weighted by Gasteiger charge is 2.30. The second-order valence-corrected chi connectivity index (χ2v) is 8.41. The Morgan fingerprint density at radius 3 is 2.24 bits per heavy atom. The Balaban J connectivity index is 1.54. The van der Waals surface area contributed by atoms with Gasteiger partial charge in [0.2, 0.25) is 0 Å². The van der Waals surface area contributed by atoms with Gasteiger partial charge >= 0.3 is 12.1 Å². The van der Waals surface area contributed by atoms with Crippen LogP contribution in [0.15, 0.2) is 61.2 Å². The Morgan fingerprint density at radius 2 is 1.67 bits per heavy atom. The third kappa shape index (κ3) is 6.21. The molecule has 3 rings (SSSR count). The van der Waals surface area contributed by atoms with Gasteiger partial charge in [-0.15, -0.1) is 0 Å². The smallest absolute Gasteiger partial charge is 0.407 e. The van der Waals surface area contributed by atoms with Crippen molar-refractivity contribution in [3.05, 3.63) is 72.3 Å². The molecule has 0 aromatic heterocycles. The molecule has 0 saturated heterocycles. The molecule has 7 nitrogen and oxygen atoms in total. The number of ether oxygens (including phenoxy) is 2. The molecule has 2 aromatic carbocycles. The van der Waals surface area contributed by atoms with E-state index in [1.54, 1.807) is 0 Å². The topological polar surface area (TPSA) is 96.9 Å². The number of carbonyl (C=O) groups excluding carboxylic acids is 2. The van der Waals surface area contributed by atoms with Crippen molar-refractivity contribution in [2.75, 3.05) is 26.3 Å². The maximum Gasteiger partial charge on any atom is 0.407 e. The van der Waals surface area contributed by atoms with Gasteiger partial charge in [-0.25, -0.2) is 4.79 Å². The van der Waals surface area contributed by atoms with Gasteiger partial charge < -0.3 is 25.2 Å². The summed E-state index contributed by atoms with van der Waals surface area (Å²) in [7, 11) is 0. The number of rotatable bonds is 11. The summed E-state index contributed by atoms with van der Waals surface area (Å²) in [5, 5.41) is 16.2. The van der Waals surface area contributed by atoms with E-state index in [1.807, 2.05) is 38.1 Å². The van der Waals surface area contributed by atoms with Crippen LogP contribution in [0.5, 0.6) is 0 Å². The monoisotopic (exact) mass is 452 g/mol. The van der Waals surface area contributed by atoms with Crippen LogP contribution in [0.4, 0.5) is 4.79 Å². The van der Waals surface area contributed by atoms with Crippen molar-refractivity contribution < 1.29 is 24.2 Å². The van der Waals surface area contributed by atoms with Crippen molar-refractivity contribution >= 4 is 12.1 Å². The molecule has 7 heteroatoms. The Hall–Kier alpha value is -3.16. The summed E-state index contributed by atoms with van der Waals surface area (Å²) < 4.78 is 10.5. The Kier molecular flexibility index (Phi) is 8.63. The number of hydrogen-bond acceptors (Lipinski definition) is 6. The molecular weight excluding hydrogens is 420 g/mol. The number of aliphatic hydroxyl groups is 1. The molecule has 2 atom stereocenters. The lowest BCUT2D eigenvalue weighted by molar-refractivity contribution is -0.141.